The zero-order chi connectivity index (χ0) is 17.8. The van der Waals surface area contributed by atoms with Gasteiger partial charge in [0.15, 0.2) is 5.13 Å². The van der Waals surface area contributed by atoms with E-state index in [2.05, 4.69) is 10.3 Å². The Kier molecular flexibility index (Phi) is 5.44. The van der Waals surface area contributed by atoms with Gasteiger partial charge in [-0.2, -0.15) is 11.3 Å². The number of carbonyl (C=O) groups excluding carboxylic acids is 3. The molecular weight excluding hydrogens is 360 g/mol. The van der Waals surface area contributed by atoms with Crippen LogP contribution in [0.4, 0.5) is 5.13 Å². The molecule has 25 heavy (non-hydrogen) atoms. The Morgan fingerprint density at radius 1 is 1.16 bits per heavy atom. The topological polar surface area (TPSA) is 82.6 Å². The molecule has 2 aromatic rings. The first-order chi connectivity index (χ1) is 12.0. The van der Waals surface area contributed by atoms with Gasteiger partial charge in [0, 0.05) is 43.9 Å². The third kappa shape index (κ3) is 4.43. The molecule has 0 spiro atoms. The Morgan fingerprint density at radius 3 is 2.52 bits per heavy atom. The lowest BCUT2D eigenvalue weighted by Gasteiger charge is -2.34. The standard InChI is InChI=1S/C16H18N4O3S2/c1-11(21)19-3-5-20(6-4-19)14(22)8-13-10-25-16(17-13)18-15(23)12-2-7-24-9-12/h2,7,9-10H,3-6,8H2,1H3,(H,17,18,23). The molecule has 2 aromatic heterocycles. The highest BCUT2D eigenvalue weighted by molar-refractivity contribution is 7.14. The maximum absolute atomic E-state index is 12.4. The third-order valence-electron chi connectivity index (χ3n) is 3.97. The number of carbonyl (C=O) groups is 3. The fraction of sp³-hybridized carbons (Fsp3) is 0.375. The molecule has 3 rings (SSSR count). The lowest BCUT2D eigenvalue weighted by Crippen LogP contribution is -2.50. The van der Waals surface area contributed by atoms with Crippen LogP contribution >= 0.6 is 22.7 Å². The van der Waals surface area contributed by atoms with E-state index in [-0.39, 0.29) is 24.1 Å². The molecular formula is C16H18N4O3S2. The van der Waals surface area contributed by atoms with Crippen molar-refractivity contribution in [2.45, 2.75) is 13.3 Å². The van der Waals surface area contributed by atoms with E-state index in [0.29, 0.717) is 42.6 Å². The van der Waals surface area contributed by atoms with Crippen LogP contribution in [0.15, 0.2) is 22.2 Å². The molecule has 0 atom stereocenters. The normalized spacial score (nSPS) is 14.4. The average molecular weight is 378 g/mol. The van der Waals surface area contributed by atoms with E-state index < -0.39 is 0 Å². The fourth-order valence-corrected chi connectivity index (χ4v) is 3.89. The molecule has 0 radical (unpaired) electrons. The van der Waals surface area contributed by atoms with Crippen molar-refractivity contribution in [3.63, 3.8) is 0 Å². The molecule has 9 heteroatoms. The molecule has 0 aromatic carbocycles. The Morgan fingerprint density at radius 2 is 1.88 bits per heavy atom. The Hall–Kier alpha value is -2.26. The van der Waals surface area contributed by atoms with Crippen molar-refractivity contribution >= 4 is 45.5 Å². The predicted octanol–water partition coefficient (Wildman–Crippen LogP) is 1.69. The van der Waals surface area contributed by atoms with Crippen LogP contribution in [0.25, 0.3) is 0 Å². The van der Waals surface area contributed by atoms with Crippen molar-refractivity contribution in [2.24, 2.45) is 0 Å². The summed E-state index contributed by atoms with van der Waals surface area (Å²) in [7, 11) is 0. The molecule has 1 fully saturated rings. The SMILES string of the molecule is CC(=O)N1CCN(C(=O)Cc2csc(NC(=O)c3ccsc3)n2)CC1. The minimum absolute atomic E-state index is 0.00999. The van der Waals surface area contributed by atoms with E-state index in [4.69, 9.17) is 0 Å². The number of nitrogens with one attached hydrogen (secondary N) is 1. The molecule has 0 bridgehead atoms. The van der Waals surface area contributed by atoms with E-state index in [1.165, 1.54) is 22.7 Å². The number of thiophene rings is 1. The summed E-state index contributed by atoms with van der Waals surface area (Å²) in [5.74, 6) is -0.171. The second-order valence-electron chi connectivity index (χ2n) is 5.67. The number of anilines is 1. The number of rotatable bonds is 4. The van der Waals surface area contributed by atoms with Crippen LogP contribution in [0, 0.1) is 0 Å². The van der Waals surface area contributed by atoms with E-state index in [9.17, 15) is 14.4 Å². The van der Waals surface area contributed by atoms with Crippen LogP contribution in [0.5, 0.6) is 0 Å². The highest BCUT2D eigenvalue weighted by atomic mass is 32.1. The molecule has 3 heterocycles. The van der Waals surface area contributed by atoms with Crippen LogP contribution in [-0.2, 0) is 16.0 Å². The van der Waals surface area contributed by atoms with Crippen molar-refractivity contribution < 1.29 is 14.4 Å². The summed E-state index contributed by atoms with van der Waals surface area (Å²) in [5, 5.41) is 8.62. The minimum atomic E-state index is -0.200. The first-order valence-corrected chi connectivity index (χ1v) is 9.66. The summed E-state index contributed by atoms with van der Waals surface area (Å²) in [5.41, 5.74) is 1.24. The van der Waals surface area contributed by atoms with Gasteiger partial charge in [-0.1, -0.05) is 0 Å². The Balaban J connectivity index is 1.52. The van der Waals surface area contributed by atoms with Gasteiger partial charge in [0.2, 0.25) is 11.8 Å². The number of thiazole rings is 1. The highest BCUT2D eigenvalue weighted by Crippen LogP contribution is 2.18. The van der Waals surface area contributed by atoms with Gasteiger partial charge in [-0.05, 0) is 11.4 Å². The molecule has 7 nitrogen and oxygen atoms in total. The molecule has 132 valence electrons. The van der Waals surface area contributed by atoms with Crippen molar-refractivity contribution in [1.82, 2.24) is 14.8 Å². The lowest BCUT2D eigenvalue weighted by molar-refractivity contribution is -0.138. The highest BCUT2D eigenvalue weighted by Gasteiger charge is 2.23. The molecule has 1 aliphatic rings. The van der Waals surface area contributed by atoms with Crippen molar-refractivity contribution in [1.29, 1.82) is 0 Å². The number of nitrogens with zero attached hydrogens (tertiary/aromatic N) is 3. The summed E-state index contributed by atoms with van der Waals surface area (Å²) in [4.78, 5) is 43.5. The third-order valence-corrected chi connectivity index (χ3v) is 5.46. The van der Waals surface area contributed by atoms with Crippen molar-refractivity contribution in [2.75, 3.05) is 31.5 Å². The van der Waals surface area contributed by atoms with Gasteiger partial charge in [-0.3, -0.25) is 19.7 Å². The molecule has 3 amide bonds. The largest absolute Gasteiger partial charge is 0.339 e. The van der Waals surface area contributed by atoms with Crippen molar-refractivity contribution in [3.8, 4) is 0 Å². The second kappa shape index (κ2) is 7.75. The molecule has 0 saturated carbocycles. The first-order valence-electron chi connectivity index (χ1n) is 7.84. The number of piperazine rings is 1. The molecule has 1 N–H and O–H groups in total. The Labute approximate surface area is 153 Å². The van der Waals surface area contributed by atoms with Crippen LogP contribution in [-0.4, -0.2) is 58.7 Å². The van der Waals surface area contributed by atoms with Crippen LogP contribution in [0.2, 0.25) is 0 Å². The van der Waals surface area contributed by atoms with Gasteiger partial charge in [0.1, 0.15) is 0 Å². The van der Waals surface area contributed by atoms with Crippen LogP contribution in [0.1, 0.15) is 23.0 Å². The van der Waals surface area contributed by atoms with Crippen LogP contribution in [0.3, 0.4) is 0 Å². The van der Waals surface area contributed by atoms with Gasteiger partial charge in [-0.25, -0.2) is 4.98 Å². The molecule has 0 aliphatic carbocycles. The van der Waals surface area contributed by atoms with Crippen LogP contribution < -0.4 is 5.32 Å². The zero-order valence-corrected chi connectivity index (χ0v) is 15.4. The quantitative estimate of drug-likeness (QED) is 0.878. The minimum Gasteiger partial charge on any atom is -0.339 e. The van der Waals surface area contributed by atoms with Gasteiger partial charge < -0.3 is 9.80 Å². The summed E-state index contributed by atoms with van der Waals surface area (Å²) >= 11 is 2.76. The lowest BCUT2D eigenvalue weighted by atomic mass is 10.2. The van der Waals surface area contributed by atoms with Crippen molar-refractivity contribution in [3.05, 3.63) is 33.5 Å². The number of aromatic nitrogens is 1. The average Bonchev–Trinajstić information content (AvgIpc) is 3.27. The predicted molar refractivity (Wildman–Crippen MR) is 96.9 cm³/mol. The molecule has 1 aliphatic heterocycles. The summed E-state index contributed by atoms with van der Waals surface area (Å²) in [6.45, 7) is 3.77. The van der Waals surface area contributed by atoms with Gasteiger partial charge >= 0.3 is 0 Å². The maximum Gasteiger partial charge on any atom is 0.258 e. The smallest absolute Gasteiger partial charge is 0.258 e. The summed E-state index contributed by atoms with van der Waals surface area (Å²) in [6, 6.07) is 1.75. The summed E-state index contributed by atoms with van der Waals surface area (Å²) in [6.07, 6.45) is 0.199. The monoisotopic (exact) mass is 378 g/mol. The van der Waals surface area contributed by atoms with E-state index >= 15 is 0 Å². The first kappa shape index (κ1) is 17.6. The second-order valence-corrected chi connectivity index (χ2v) is 7.31. The fourth-order valence-electron chi connectivity index (χ4n) is 2.55. The Bertz CT molecular complexity index is 764. The maximum atomic E-state index is 12.4. The van der Waals surface area contributed by atoms with Gasteiger partial charge in [0.25, 0.3) is 5.91 Å². The zero-order valence-electron chi connectivity index (χ0n) is 13.7. The van der Waals surface area contributed by atoms with Gasteiger partial charge in [0.05, 0.1) is 17.7 Å². The van der Waals surface area contributed by atoms with E-state index in [1.807, 2.05) is 5.38 Å². The number of amides is 3. The van der Waals surface area contributed by atoms with Gasteiger partial charge in [-0.15, -0.1) is 11.3 Å². The number of hydrogen-bond donors (Lipinski definition) is 1. The summed E-state index contributed by atoms with van der Waals surface area (Å²) < 4.78 is 0. The molecule has 0 unspecified atom stereocenters. The van der Waals surface area contributed by atoms with E-state index in [1.54, 1.807) is 33.6 Å². The van der Waals surface area contributed by atoms with E-state index in [0.717, 1.165) is 0 Å². The molecule has 1 saturated heterocycles. The number of hydrogen-bond acceptors (Lipinski definition) is 6.